The van der Waals surface area contributed by atoms with Crippen LogP contribution < -0.4 is 10.1 Å². The van der Waals surface area contributed by atoms with Crippen molar-refractivity contribution in [3.63, 3.8) is 0 Å². The number of ether oxygens (including phenoxy) is 1. The van der Waals surface area contributed by atoms with Crippen LogP contribution in [-0.2, 0) is 11.2 Å². The molecule has 0 aliphatic carbocycles. The van der Waals surface area contributed by atoms with Crippen LogP contribution >= 0.6 is 0 Å². The topological polar surface area (TPSA) is 81.9 Å². The van der Waals surface area contributed by atoms with Crippen molar-refractivity contribution in [3.05, 3.63) is 47.5 Å². The number of amides is 1. The van der Waals surface area contributed by atoms with E-state index in [1.165, 1.54) is 6.20 Å². The number of nitrogens with one attached hydrogen (secondary N) is 1. The number of pyridine rings is 2. The van der Waals surface area contributed by atoms with Crippen molar-refractivity contribution in [2.45, 2.75) is 52.4 Å². The number of hydrogen-bond donors (Lipinski definition) is 1. The minimum Gasteiger partial charge on any atom is -0.468 e. The van der Waals surface area contributed by atoms with E-state index in [-0.39, 0.29) is 30.3 Å². The molecule has 0 aliphatic heterocycles. The highest BCUT2D eigenvalue weighted by Crippen LogP contribution is 2.26. The third-order valence-electron chi connectivity index (χ3n) is 4.62. The maximum atomic E-state index is 12.4. The first kappa shape index (κ1) is 22.5. The molecule has 0 saturated carbocycles. The van der Waals surface area contributed by atoms with Gasteiger partial charge in [0, 0.05) is 35.6 Å². The van der Waals surface area contributed by atoms with E-state index in [0.717, 1.165) is 10.9 Å². The van der Waals surface area contributed by atoms with Crippen LogP contribution in [0.3, 0.4) is 0 Å². The van der Waals surface area contributed by atoms with Crippen LogP contribution in [0.4, 0.5) is 13.2 Å². The van der Waals surface area contributed by atoms with Gasteiger partial charge in [0.25, 0.3) is 0 Å². The highest BCUT2D eigenvalue weighted by molar-refractivity contribution is 5.86. The normalized spacial score (nSPS) is 12.9. The van der Waals surface area contributed by atoms with Gasteiger partial charge in [0.2, 0.25) is 11.8 Å². The lowest BCUT2D eigenvalue weighted by Crippen LogP contribution is -2.31. The zero-order valence-electron chi connectivity index (χ0n) is 17.7. The largest absolute Gasteiger partial charge is 0.468 e. The van der Waals surface area contributed by atoms with Gasteiger partial charge < -0.3 is 10.1 Å². The summed E-state index contributed by atoms with van der Waals surface area (Å²) in [5.41, 5.74) is 2.58. The van der Waals surface area contributed by atoms with Crippen LogP contribution in [0.25, 0.3) is 10.9 Å². The van der Waals surface area contributed by atoms with Crippen LogP contribution in [0.2, 0.25) is 0 Å². The van der Waals surface area contributed by atoms with Crippen molar-refractivity contribution in [2.24, 2.45) is 0 Å². The number of halogens is 3. The van der Waals surface area contributed by atoms with Crippen LogP contribution in [0.1, 0.15) is 43.6 Å². The Morgan fingerprint density at radius 2 is 2.00 bits per heavy atom. The highest BCUT2D eigenvalue weighted by atomic mass is 19.4. The fraction of sp³-hybridized carbons (Fsp3) is 0.429. The van der Waals surface area contributed by atoms with Crippen molar-refractivity contribution in [1.29, 1.82) is 0 Å². The van der Waals surface area contributed by atoms with E-state index >= 15 is 0 Å². The Balaban J connectivity index is 1.82. The number of carbonyl (C=O) groups is 1. The van der Waals surface area contributed by atoms with Gasteiger partial charge in [-0.05, 0) is 45.4 Å². The fourth-order valence-corrected chi connectivity index (χ4v) is 3.15. The number of nitrogens with zero attached hydrogens (tertiary/aromatic N) is 4. The summed E-state index contributed by atoms with van der Waals surface area (Å²) in [6.07, 6.45) is 0.620. The van der Waals surface area contributed by atoms with E-state index in [4.69, 9.17) is 4.74 Å². The molecule has 0 aliphatic rings. The Hall–Kier alpha value is -3.17. The van der Waals surface area contributed by atoms with Gasteiger partial charge >= 0.3 is 6.18 Å². The van der Waals surface area contributed by atoms with Crippen molar-refractivity contribution >= 4 is 16.8 Å². The summed E-state index contributed by atoms with van der Waals surface area (Å²) in [5, 5.41) is 8.19. The van der Waals surface area contributed by atoms with E-state index < -0.39 is 12.8 Å². The molecule has 0 radical (unpaired) electrons. The zero-order valence-corrected chi connectivity index (χ0v) is 17.7. The number of hydrogen-bond acceptors (Lipinski definition) is 5. The molecule has 1 unspecified atom stereocenters. The molecule has 0 fully saturated rings. The van der Waals surface area contributed by atoms with Gasteiger partial charge in [-0.2, -0.15) is 18.3 Å². The molecule has 0 bridgehead atoms. The Bertz CT molecular complexity index is 1080. The second-order valence-corrected chi connectivity index (χ2v) is 7.67. The number of carbonyl (C=O) groups excluding carboxylic acids is 1. The lowest BCUT2D eigenvalue weighted by molar-refractivity contribution is -0.154. The summed E-state index contributed by atoms with van der Waals surface area (Å²) >= 11 is 0. The standard InChI is InChI=1S/C21H24F3N5O2/c1-12(2)27-19(30)8-18-16-10-29(28-17(16)5-6-25-18)14(4)15-7-13(3)20(26-9-15)31-11-21(22,23)24/h5-7,9-10,12,14H,8,11H2,1-4H3,(H,27,30). The maximum absolute atomic E-state index is 12.4. The monoisotopic (exact) mass is 435 g/mol. The second kappa shape index (κ2) is 8.91. The van der Waals surface area contributed by atoms with E-state index in [2.05, 4.69) is 20.4 Å². The van der Waals surface area contributed by atoms with Gasteiger partial charge in [0.05, 0.1) is 23.7 Å². The van der Waals surface area contributed by atoms with E-state index in [1.807, 2.05) is 27.0 Å². The predicted octanol–water partition coefficient (Wildman–Crippen LogP) is 3.75. The van der Waals surface area contributed by atoms with Crippen LogP contribution in [-0.4, -0.2) is 44.5 Å². The fourth-order valence-electron chi connectivity index (χ4n) is 3.15. The number of fused-ring (bicyclic) bond motifs is 1. The maximum Gasteiger partial charge on any atom is 0.422 e. The SMILES string of the molecule is Cc1cc(C(C)n2cc3c(CC(=O)NC(C)C)nccc3n2)cnc1OCC(F)(F)F. The minimum atomic E-state index is -4.42. The molecule has 0 aromatic carbocycles. The van der Waals surface area contributed by atoms with Crippen molar-refractivity contribution in [1.82, 2.24) is 25.1 Å². The van der Waals surface area contributed by atoms with E-state index in [1.54, 1.807) is 29.9 Å². The molecule has 31 heavy (non-hydrogen) atoms. The molecule has 0 saturated heterocycles. The Morgan fingerprint density at radius 3 is 2.65 bits per heavy atom. The average molecular weight is 435 g/mol. The molecule has 1 N–H and O–H groups in total. The summed E-state index contributed by atoms with van der Waals surface area (Å²) in [4.78, 5) is 20.5. The number of alkyl halides is 3. The minimum absolute atomic E-state index is 0.0354. The Morgan fingerprint density at radius 1 is 1.26 bits per heavy atom. The smallest absolute Gasteiger partial charge is 0.422 e. The zero-order chi connectivity index (χ0) is 22.8. The quantitative estimate of drug-likeness (QED) is 0.611. The molecular formula is C21H24F3N5O2. The predicted molar refractivity (Wildman–Crippen MR) is 109 cm³/mol. The first-order chi connectivity index (χ1) is 14.5. The van der Waals surface area contributed by atoms with E-state index in [0.29, 0.717) is 16.8 Å². The third kappa shape index (κ3) is 5.71. The molecule has 166 valence electrons. The van der Waals surface area contributed by atoms with Crippen LogP contribution in [0.5, 0.6) is 5.88 Å². The molecule has 3 aromatic rings. The Labute approximate surface area is 177 Å². The second-order valence-electron chi connectivity index (χ2n) is 7.67. The van der Waals surface area contributed by atoms with Gasteiger partial charge in [-0.25, -0.2) is 4.98 Å². The summed E-state index contributed by atoms with van der Waals surface area (Å²) in [7, 11) is 0. The average Bonchev–Trinajstić information content (AvgIpc) is 3.10. The molecule has 10 heteroatoms. The molecule has 3 rings (SSSR count). The summed E-state index contributed by atoms with van der Waals surface area (Å²) in [6, 6.07) is 3.28. The van der Waals surface area contributed by atoms with Crippen molar-refractivity contribution < 1.29 is 22.7 Å². The number of rotatable bonds is 7. The van der Waals surface area contributed by atoms with Crippen molar-refractivity contribution in [2.75, 3.05) is 6.61 Å². The molecule has 0 spiro atoms. The van der Waals surface area contributed by atoms with Crippen LogP contribution in [0, 0.1) is 6.92 Å². The molecule has 7 nitrogen and oxygen atoms in total. The molecule has 3 aromatic heterocycles. The molecular weight excluding hydrogens is 411 g/mol. The van der Waals surface area contributed by atoms with E-state index in [9.17, 15) is 18.0 Å². The summed E-state index contributed by atoms with van der Waals surface area (Å²) in [6.45, 7) is 5.93. The first-order valence-electron chi connectivity index (χ1n) is 9.81. The van der Waals surface area contributed by atoms with Gasteiger partial charge in [0.15, 0.2) is 6.61 Å². The number of aryl methyl sites for hydroxylation is 1. The lowest BCUT2D eigenvalue weighted by atomic mass is 10.1. The summed E-state index contributed by atoms with van der Waals surface area (Å²) < 4.78 is 43.6. The summed E-state index contributed by atoms with van der Waals surface area (Å²) in [5.74, 6) is -0.174. The van der Waals surface area contributed by atoms with Crippen LogP contribution in [0.15, 0.2) is 30.7 Å². The molecule has 1 amide bonds. The first-order valence-corrected chi connectivity index (χ1v) is 9.81. The lowest BCUT2D eigenvalue weighted by Gasteiger charge is -2.15. The van der Waals surface area contributed by atoms with Gasteiger partial charge in [0.1, 0.15) is 0 Å². The third-order valence-corrected chi connectivity index (χ3v) is 4.62. The highest BCUT2D eigenvalue weighted by Gasteiger charge is 2.29. The van der Waals surface area contributed by atoms with Crippen molar-refractivity contribution in [3.8, 4) is 5.88 Å². The molecule has 1 atom stereocenters. The number of aromatic nitrogens is 4. The van der Waals surface area contributed by atoms with Gasteiger partial charge in [-0.3, -0.25) is 14.5 Å². The molecule has 3 heterocycles. The van der Waals surface area contributed by atoms with Gasteiger partial charge in [-0.1, -0.05) is 0 Å². The van der Waals surface area contributed by atoms with Gasteiger partial charge in [-0.15, -0.1) is 0 Å². The Kier molecular flexibility index (Phi) is 6.47.